The van der Waals surface area contributed by atoms with Crippen molar-refractivity contribution in [2.24, 2.45) is 0 Å². The maximum atomic E-state index is 4.68. The van der Waals surface area contributed by atoms with Gasteiger partial charge in [0.2, 0.25) is 5.95 Å². The number of imidazole rings is 1. The number of benzene rings is 1. The van der Waals surface area contributed by atoms with Gasteiger partial charge in [-0.05, 0) is 18.2 Å². The molecule has 0 atom stereocenters. The van der Waals surface area contributed by atoms with Gasteiger partial charge < -0.3 is 15.2 Å². The van der Waals surface area contributed by atoms with Crippen molar-refractivity contribution in [3.63, 3.8) is 0 Å². The van der Waals surface area contributed by atoms with Crippen LogP contribution in [0.2, 0.25) is 0 Å². The Morgan fingerprint density at radius 1 is 1.20 bits per heavy atom. The van der Waals surface area contributed by atoms with Crippen molar-refractivity contribution in [3.8, 4) is 10.6 Å². The molecule has 2 aromatic heterocycles. The number of nitrogens with one attached hydrogen (secondary N) is 2. The van der Waals surface area contributed by atoms with Gasteiger partial charge in [-0.25, -0.2) is 9.97 Å². The number of thiazole rings is 1. The first kappa shape index (κ1) is 11.9. The number of hydrogen-bond acceptors (Lipinski definition) is 5. The highest BCUT2D eigenvalue weighted by Gasteiger charge is 2.14. The van der Waals surface area contributed by atoms with Crippen LogP contribution in [0.1, 0.15) is 0 Å². The van der Waals surface area contributed by atoms with Crippen molar-refractivity contribution in [2.45, 2.75) is 0 Å². The van der Waals surface area contributed by atoms with Gasteiger partial charge >= 0.3 is 0 Å². The minimum atomic E-state index is 0.970. The Hall–Kier alpha value is -1.92. The number of aromatic nitrogens is 3. The summed E-state index contributed by atoms with van der Waals surface area (Å²) in [4.78, 5) is 14.8. The van der Waals surface area contributed by atoms with Crippen LogP contribution in [0, 0.1) is 0 Å². The second kappa shape index (κ2) is 4.88. The second-order valence-electron chi connectivity index (χ2n) is 4.87. The van der Waals surface area contributed by atoms with E-state index in [1.54, 1.807) is 11.3 Å². The zero-order chi connectivity index (χ0) is 13.4. The lowest BCUT2D eigenvalue weighted by molar-refractivity contribution is 0.582. The lowest BCUT2D eigenvalue weighted by Crippen LogP contribution is -2.44. The first-order valence-electron chi connectivity index (χ1n) is 6.75. The molecule has 3 aromatic rings. The van der Waals surface area contributed by atoms with Crippen LogP contribution in [0.25, 0.3) is 21.6 Å². The van der Waals surface area contributed by atoms with Crippen molar-refractivity contribution < 1.29 is 0 Å². The molecule has 1 saturated heterocycles. The Labute approximate surface area is 120 Å². The van der Waals surface area contributed by atoms with Gasteiger partial charge in [0.15, 0.2) is 0 Å². The highest BCUT2D eigenvalue weighted by Crippen LogP contribution is 2.26. The number of nitrogens with zero attached hydrogens (tertiary/aromatic N) is 3. The van der Waals surface area contributed by atoms with Crippen LogP contribution in [0.3, 0.4) is 0 Å². The average Bonchev–Trinajstić information content (AvgIpc) is 3.16. The zero-order valence-corrected chi connectivity index (χ0v) is 11.8. The third kappa shape index (κ3) is 2.07. The van der Waals surface area contributed by atoms with Gasteiger partial charge in [-0.15, -0.1) is 11.3 Å². The van der Waals surface area contributed by atoms with E-state index in [4.69, 9.17) is 0 Å². The highest BCUT2D eigenvalue weighted by atomic mass is 32.1. The predicted molar refractivity (Wildman–Crippen MR) is 82.3 cm³/mol. The SMILES string of the molecule is c1csc(-c2ccc3nc(N4CCNCC4)[nH]c3c2)n1. The number of rotatable bonds is 2. The van der Waals surface area contributed by atoms with E-state index in [-0.39, 0.29) is 0 Å². The first-order chi connectivity index (χ1) is 9.90. The summed E-state index contributed by atoms with van der Waals surface area (Å²) in [5, 5.41) is 6.40. The van der Waals surface area contributed by atoms with Gasteiger partial charge in [0.25, 0.3) is 0 Å². The van der Waals surface area contributed by atoms with E-state index in [9.17, 15) is 0 Å². The molecular formula is C14H15N5S. The number of piperazine rings is 1. The van der Waals surface area contributed by atoms with Crippen molar-refractivity contribution in [2.75, 3.05) is 31.1 Å². The quantitative estimate of drug-likeness (QED) is 0.757. The van der Waals surface area contributed by atoms with Crippen LogP contribution in [-0.4, -0.2) is 41.1 Å². The van der Waals surface area contributed by atoms with Crippen molar-refractivity contribution in [1.82, 2.24) is 20.3 Å². The van der Waals surface area contributed by atoms with E-state index in [0.29, 0.717) is 0 Å². The van der Waals surface area contributed by atoms with Crippen LogP contribution in [0.4, 0.5) is 5.95 Å². The van der Waals surface area contributed by atoms with E-state index in [1.165, 1.54) is 0 Å². The highest BCUT2D eigenvalue weighted by molar-refractivity contribution is 7.13. The average molecular weight is 285 g/mol. The molecule has 1 fully saturated rings. The first-order valence-corrected chi connectivity index (χ1v) is 7.63. The Balaban J connectivity index is 1.72. The Morgan fingerprint density at radius 3 is 2.90 bits per heavy atom. The molecule has 5 nitrogen and oxygen atoms in total. The summed E-state index contributed by atoms with van der Waals surface area (Å²) in [7, 11) is 0. The van der Waals surface area contributed by atoms with Crippen LogP contribution in [-0.2, 0) is 0 Å². The molecule has 4 rings (SSSR count). The number of hydrogen-bond donors (Lipinski definition) is 2. The zero-order valence-electron chi connectivity index (χ0n) is 11.0. The van der Waals surface area contributed by atoms with E-state index < -0.39 is 0 Å². The lowest BCUT2D eigenvalue weighted by atomic mass is 10.2. The smallest absolute Gasteiger partial charge is 0.203 e. The fourth-order valence-corrected chi connectivity index (χ4v) is 3.16. The van der Waals surface area contributed by atoms with E-state index in [1.807, 2.05) is 11.6 Å². The van der Waals surface area contributed by atoms with E-state index >= 15 is 0 Å². The summed E-state index contributed by atoms with van der Waals surface area (Å²) < 4.78 is 0. The summed E-state index contributed by atoms with van der Waals surface area (Å²) in [6.07, 6.45) is 1.84. The van der Waals surface area contributed by atoms with Gasteiger partial charge in [-0.3, -0.25) is 0 Å². The third-order valence-electron chi connectivity index (χ3n) is 3.57. The third-order valence-corrected chi connectivity index (χ3v) is 4.39. The van der Waals surface area contributed by atoms with Crippen molar-refractivity contribution in [1.29, 1.82) is 0 Å². The summed E-state index contributed by atoms with van der Waals surface area (Å²) >= 11 is 1.66. The monoisotopic (exact) mass is 285 g/mol. The number of anilines is 1. The van der Waals surface area contributed by atoms with Crippen molar-refractivity contribution >= 4 is 28.3 Å². The second-order valence-corrected chi connectivity index (χ2v) is 5.76. The number of H-pyrrole nitrogens is 1. The molecule has 0 unspecified atom stereocenters. The summed E-state index contributed by atoms with van der Waals surface area (Å²) in [5.74, 6) is 0.970. The molecule has 1 aliphatic rings. The van der Waals surface area contributed by atoms with Crippen LogP contribution in [0.15, 0.2) is 29.8 Å². The standard InChI is InChI=1S/C14H15N5S/c1-2-11-12(9-10(1)13-16-5-8-20-13)18-14(17-11)19-6-3-15-4-7-19/h1-2,5,8-9,15H,3-4,6-7H2,(H,17,18). The van der Waals surface area contributed by atoms with Gasteiger partial charge in [0.05, 0.1) is 11.0 Å². The molecule has 3 heterocycles. The molecule has 1 aromatic carbocycles. The topological polar surface area (TPSA) is 56.8 Å². The van der Waals surface area contributed by atoms with E-state index in [0.717, 1.165) is 53.7 Å². The Morgan fingerprint density at radius 2 is 2.10 bits per heavy atom. The van der Waals surface area contributed by atoms with Crippen LogP contribution < -0.4 is 10.2 Å². The van der Waals surface area contributed by atoms with Crippen LogP contribution in [0.5, 0.6) is 0 Å². The fraction of sp³-hybridized carbons (Fsp3) is 0.286. The maximum Gasteiger partial charge on any atom is 0.203 e. The molecule has 0 spiro atoms. The summed E-state index contributed by atoms with van der Waals surface area (Å²) in [6, 6.07) is 6.28. The lowest BCUT2D eigenvalue weighted by Gasteiger charge is -2.26. The number of fused-ring (bicyclic) bond motifs is 1. The van der Waals surface area contributed by atoms with E-state index in [2.05, 4.69) is 43.4 Å². The fourth-order valence-electron chi connectivity index (χ4n) is 2.52. The summed E-state index contributed by atoms with van der Waals surface area (Å²) in [5.41, 5.74) is 3.23. The van der Waals surface area contributed by atoms with Gasteiger partial charge in [-0.1, -0.05) is 0 Å². The molecule has 0 amide bonds. The molecule has 2 N–H and O–H groups in total. The molecular weight excluding hydrogens is 270 g/mol. The normalized spacial score (nSPS) is 15.9. The number of aromatic amines is 1. The maximum absolute atomic E-state index is 4.68. The summed E-state index contributed by atoms with van der Waals surface area (Å²) in [6.45, 7) is 4.03. The molecule has 0 bridgehead atoms. The Kier molecular flexibility index (Phi) is 2.90. The van der Waals surface area contributed by atoms with Gasteiger partial charge in [-0.2, -0.15) is 0 Å². The predicted octanol–water partition coefficient (Wildman–Crippen LogP) is 2.10. The Bertz CT molecular complexity index is 712. The molecule has 0 saturated carbocycles. The minimum absolute atomic E-state index is 0.970. The molecule has 0 aliphatic carbocycles. The molecule has 1 aliphatic heterocycles. The largest absolute Gasteiger partial charge is 0.340 e. The van der Waals surface area contributed by atoms with Gasteiger partial charge in [0.1, 0.15) is 5.01 Å². The molecule has 20 heavy (non-hydrogen) atoms. The molecule has 0 radical (unpaired) electrons. The molecule has 6 heteroatoms. The van der Waals surface area contributed by atoms with Crippen molar-refractivity contribution in [3.05, 3.63) is 29.8 Å². The minimum Gasteiger partial charge on any atom is -0.340 e. The molecule has 102 valence electrons. The van der Waals surface area contributed by atoms with Gasteiger partial charge in [0, 0.05) is 43.3 Å². The van der Waals surface area contributed by atoms with Crippen LogP contribution >= 0.6 is 11.3 Å².